The van der Waals surface area contributed by atoms with Gasteiger partial charge in [0.1, 0.15) is 17.1 Å². The highest BCUT2D eigenvalue weighted by atomic mass is 16.5. The van der Waals surface area contributed by atoms with Gasteiger partial charge in [0.05, 0.1) is 0 Å². The highest BCUT2D eigenvalue weighted by Crippen LogP contribution is 2.22. The van der Waals surface area contributed by atoms with Crippen LogP contribution in [0.15, 0.2) is 22.6 Å². The number of carbonyl (C=O) groups excluding carboxylic acids is 2. The molecule has 0 atom stereocenters. The second kappa shape index (κ2) is 6.69. The summed E-state index contributed by atoms with van der Waals surface area (Å²) in [7, 11) is 0. The van der Waals surface area contributed by atoms with Gasteiger partial charge >= 0.3 is 5.97 Å². The number of carbonyl (C=O) groups is 2. The summed E-state index contributed by atoms with van der Waals surface area (Å²) in [6.07, 6.45) is 0. The minimum absolute atomic E-state index is 0.338. The molecule has 2 rings (SSSR count). The number of nitrogens with one attached hydrogen (secondary N) is 1. The van der Waals surface area contributed by atoms with E-state index < -0.39 is 5.97 Å². The van der Waals surface area contributed by atoms with E-state index in [9.17, 15) is 9.59 Å². The van der Waals surface area contributed by atoms with E-state index in [2.05, 4.69) is 5.32 Å². The van der Waals surface area contributed by atoms with Gasteiger partial charge in [-0.1, -0.05) is 18.2 Å². The van der Waals surface area contributed by atoms with Crippen LogP contribution < -0.4 is 5.32 Å². The predicted octanol–water partition coefficient (Wildman–Crippen LogP) is 3.62. The molecule has 0 aliphatic rings. The molecule has 5 heteroatoms. The summed E-state index contributed by atoms with van der Waals surface area (Å²) in [5.74, 6) is 0.259. The number of para-hydroxylation sites is 1. The molecule has 2 aromatic rings. The fraction of sp³-hybridized carbons (Fsp3) is 0.333. The molecule has 0 saturated carbocycles. The van der Waals surface area contributed by atoms with Crippen LogP contribution in [0.2, 0.25) is 0 Å². The van der Waals surface area contributed by atoms with E-state index in [-0.39, 0.29) is 12.5 Å². The average molecular weight is 315 g/mol. The van der Waals surface area contributed by atoms with Crippen molar-refractivity contribution in [1.82, 2.24) is 0 Å². The molecule has 23 heavy (non-hydrogen) atoms. The van der Waals surface area contributed by atoms with Gasteiger partial charge in [-0.25, -0.2) is 4.79 Å². The fourth-order valence-electron chi connectivity index (χ4n) is 2.48. The zero-order chi connectivity index (χ0) is 17.1. The molecule has 0 unspecified atom stereocenters. The Morgan fingerprint density at radius 1 is 1.04 bits per heavy atom. The Balaban J connectivity index is 2.01. The van der Waals surface area contributed by atoms with Crippen LogP contribution in [0.3, 0.4) is 0 Å². The zero-order valence-electron chi connectivity index (χ0n) is 14.1. The number of aryl methyl sites for hydroxylation is 4. The average Bonchev–Trinajstić information content (AvgIpc) is 2.74. The lowest BCUT2D eigenvalue weighted by molar-refractivity contribution is -0.119. The molecule has 0 fully saturated rings. The van der Waals surface area contributed by atoms with Crippen molar-refractivity contribution in [2.45, 2.75) is 34.6 Å². The minimum atomic E-state index is -0.548. The number of rotatable bonds is 4. The van der Waals surface area contributed by atoms with E-state index in [1.807, 2.05) is 32.0 Å². The van der Waals surface area contributed by atoms with Crippen LogP contribution in [0.1, 0.15) is 38.6 Å². The lowest BCUT2D eigenvalue weighted by Gasteiger charge is -2.11. The van der Waals surface area contributed by atoms with Crippen LogP contribution in [0, 0.1) is 34.6 Å². The topological polar surface area (TPSA) is 68.5 Å². The van der Waals surface area contributed by atoms with Crippen molar-refractivity contribution >= 4 is 17.6 Å². The standard InChI is InChI=1S/C18H21NO4/c1-10-7-6-8-11(2)17(10)19-15(20)9-22-18(21)16-12(3)13(4)23-14(16)5/h6-8H,9H2,1-5H3,(H,19,20). The Morgan fingerprint density at radius 2 is 1.65 bits per heavy atom. The Labute approximate surface area is 135 Å². The number of esters is 1. The molecule has 0 aliphatic heterocycles. The van der Waals surface area contributed by atoms with Crippen molar-refractivity contribution < 1.29 is 18.7 Å². The van der Waals surface area contributed by atoms with Crippen molar-refractivity contribution in [3.05, 3.63) is 52.0 Å². The quantitative estimate of drug-likeness (QED) is 0.875. The van der Waals surface area contributed by atoms with Gasteiger partial charge in [0, 0.05) is 11.3 Å². The lowest BCUT2D eigenvalue weighted by atomic mass is 10.1. The van der Waals surface area contributed by atoms with Gasteiger partial charge in [-0.3, -0.25) is 4.79 Å². The molecule has 0 saturated heterocycles. The van der Waals surface area contributed by atoms with Crippen LogP contribution >= 0.6 is 0 Å². The van der Waals surface area contributed by atoms with Gasteiger partial charge in [0.25, 0.3) is 5.91 Å². The summed E-state index contributed by atoms with van der Waals surface area (Å²) in [6.45, 7) is 8.76. The third kappa shape index (κ3) is 3.62. The molecular formula is C18H21NO4. The van der Waals surface area contributed by atoms with Crippen LogP contribution in [0.25, 0.3) is 0 Å². The van der Waals surface area contributed by atoms with Crippen LogP contribution in [0.4, 0.5) is 5.69 Å². The first-order valence-corrected chi connectivity index (χ1v) is 7.41. The number of benzene rings is 1. The second-order valence-corrected chi connectivity index (χ2v) is 5.61. The Kier molecular flexibility index (Phi) is 4.89. The zero-order valence-corrected chi connectivity index (χ0v) is 14.1. The summed E-state index contributed by atoms with van der Waals surface area (Å²) in [5.41, 5.74) is 3.80. The molecule has 5 nitrogen and oxygen atoms in total. The highest BCUT2D eigenvalue weighted by Gasteiger charge is 2.21. The van der Waals surface area contributed by atoms with Crippen molar-refractivity contribution in [2.75, 3.05) is 11.9 Å². The van der Waals surface area contributed by atoms with Crippen molar-refractivity contribution in [3.8, 4) is 0 Å². The first-order chi connectivity index (χ1) is 10.8. The second-order valence-electron chi connectivity index (χ2n) is 5.61. The Hall–Kier alpha value is -2.56. The maximum atomic E-state index is 12.1. The number of furan rings is 1. The van der Waals surface area contributed by atoms with Gasteiger partial charge in [0.15, 0.2) is 6.61 Å². The van der Waals surface area contributed by atoms with Crippen LogP contribution in [-0.4, -0.2) is 18.5 Å². The smallest absolute Gasteiger partial charge is 0.342 e. The van der Waals surface area contributed by atoms with Gasteiger partial charge in [-0.05, 0) is 45.7 Å². The third-order valence-corrected chi connectivity index (χ3v) is 3.85. The van der Waals surface area contributed by atoms with E-state index in [0.717, 1.165) is 22.4 Å². The normalized spacial score (nSPS) is 10.5. The summed E-state index contributed by atoms with van der Waals surface area (Å²) in [6, 6.07) is 5.75. The van der Waals surface area contributed by atoms with Gasteiger partial charge in [-0.2, -0.15) is 0 Å². The lowest BCUT2D eigenvalue weighted by Crippen LogP contribution is -2.22. The molecule has 1 N–H and O–H groups in total. The first-order valence-electron chi connectivity index (χ1n) is 7.41. The van der Waals surface area contributed by atoms with E-state index in [1.165, 1.54) is 0 Å². The van der Waals surface area contributed by atoms with Crippen molar-refractivity contribution in [2.24, 2.45) is 0 Å². The fourth-order valence-corrected chi connectivity index (χ4v) is 2.48. The molecule has 1 heterocycles. The van der Waals surface area contributed by atoms with E-state index in [1.54, 1.807) is 20.8 Å². The largest absolute Gasteiger partial charge is 0.465 e. The molecule has 0 spiro atoms. The number of amides is 1. The molecule has 122 valence electrons. The van der Waals surface area contributed by atoms with Crippen molar-refractivity contribution in [1.29, 1.82) is 0 Å². The summed E-state index contributed by atoms with van der Waals surface area (Å²) >= 11 is 0. The third-order valence-electron chi connectivity index (χ3n) is 3.85. The number of hydrogen-bond donors (Lipinski definition) is 1. The molecule has 0 radical (unpaired) electrons. The van der Waals surface area contributed by atoms with E-state index in [4.69, 9.17) is 9.15 Å². The molecule has 0 bridgehead atoms. The highest BCUT2D eigenvalue weighted by molar-refractivity contribution is 5.97. The summed E-state index contributed by atoms with van der Waals surface area (Å²) in [4.78, 5) is 24.1. The van der Waals surface area contributed by atoms with Crippen LogP contribution in [0.5, 0.6) is 0 Å². The molecule has 1 amide bonds. The maximum Gasteiger partial charge on any atom is 0.342 e. The minimum Gasteiger partial charge on any atom is -0.465 e. The van der Waals surface area contributed by atoms with Gasteiger partial charge < -0.3 is 14.5 Å². The van der Waals surface area contributed by atoms with E-state index in [0.29, 0.717) is 17.1 Å². The number of hydrogen-bond acceptors (Lipinski definition) is 4. The summed E-state index contributed by atoms with van der Waals surface area (Å²) < 4.78 is 10.5. The molecule has 1 aromatic heterocycles. The molecule has 1 aromatic carbocycles. The predicted molar refractivity (Wildman–Crippen MR) is 87.7 cm³/mol. The molecule has 0 aliphatic carbocycles. The van der Waals surface area contributed by atoms with Gasteiger partial charge in [0.2, 0.25) is 0 Å². The molecular weight excluding hydrogens is 294 g/mol. The van der Waals surface area contributed by atoms with E-state index >= 15 is 0 Å². The first kappa shape index (κ1) is 16.8. The van der Waals surface area contributed by atoms with Crippen LogP contribution in [-0.2, 0) is 9.53 Å². The summed E-state index contributed by atoms with van der Waals surface area (Å²) in [5, 5.41) is 2.78. The maximum absolute atomic E-state index is 12.1. The SMILES string of the molecule is Cc1cccc(C)c1NC(=O)COC(=O)c1c(C)oc(C)c1C. The number of anilines is 1. The Morgan fingerprint density at radius 3 is 2.17 bits per heavy atom. The van der Waals surface area contributed by atoms with Crippen molar-refractivity contribution in [3.63, 3.8) is 0 Å². The van der Waals surface area contributed by atoms with Gasteiger partial charge in [-0.15, -0.1) is 0 Å². The number of ether oxygens (including phenoxy) is 1. The monoisotopic (exact) mass is 315 g/mol. The Bertz CT molecular complexity index is 738.